The van der Waals surface area contributed by atoms with Crippen molar-refractivity contribution in [3.8, 4) is 17.2 Å². The van der Waals surface area contributed by atoms with Gasteiger partial charge in [-0.3, -0.25) is 14.2 Å². The number of benzene rings is 2. The minimum atomic E-state index is -0.576. The molecule has 33 heavy (non-hydrogen) atoms. The number of carbonyl (C=O) groups is 1. The highest BCUT2D eigenvalue weighted by Gasteiger charge is 2.18. The number of aromatic nitrogens is 2. The molecule has 170 valence electrons. The summed E-state index contributed by atoms with van der Waals surface area (Å²) in [6.45, 7) is 3.53. The Kier molecular flexibility index (Phi) is 6.06. The van der Waals surface area contributed by atoms with Crippen LogP contribution in [-0.2, 0) is 11.3 Å². The Morgan fingerprint density at radius 2 is 1.73 bits per heavy atom. The SMILES string of the molecule is COc1ccc(NC(=O)Cn2c(=O)n(-c3cc(C)cc(C)c3)c(=O)c3sccc32)c(OC)c1. The van der Waals surface area contributed by atoms with Crippen molar-refractivity contribution >= 4 is 33.1 Å². The van der Waals surface area contributed by atoms with E-state index < -0.39 is 17.2 Å². The minimum absolute atomic E-state index is 0.271. The van der Waals surface area contributed by atoms with Crippen LogP contribution in [0.1, 0.15) is 11.1 Å². The van der Waals surface area contributed by atoms with E-state index in [0.29, 0.717) is 33.1 Å². The lowest BCUT2D eigenvalue weighted by molar-refractivity contribution is -0.116. The number of hydrogen-bond acceptors (Lipinski definition) is 6. The van der Waals surface area contributed by atoms with Crippen LogP contribution >= 0.6 is 11.3 Å². The first kappa shape index (κ1) is 22.3. The van der Waals surface area contributed by atoms with Gasteiger partial charge in [0.15, 0.2) is 0 Å². The van der Waals surface area contributed by atoms with Gasteiger partial charge in [0.05, 0.1) is 31.1 Å². The van der Waals surface area contributed by atoms with Crippen molar-refractivity contribution in [3.05, 3.63) is 79.8 Å². The average Bonchev–Trinajstić information content (AvgIpc) is 3.26. The third kappa shape index (κ3) is 4.27. The lowest BCUT2D eigenvalue weighted by Gasteiger charge is -2.14. The molecule has 2 aromatic carbocycles. The van der Waals surface area contributed by atoms with E-state index in [0.717, 1.165) is 15.7 Å². The number of amides is 1. The molecule has 0 bridgehead atoms. The van der Waals surface area contributed by atoms with Gasteiger partial charge in [0.2, 0.25) is 5.91 Å². The van der Waals surface area contributed by atoms with E-state index in [-0.39, 0.29) is 6.54 Å². The van der Waals surface area contributed by atoms with Gasteiger partial charge in [0.25, 0.3) is 5.56 Å². The van der Waals surface area contributed by atoms with Crippen molar-refractivity contribution < 1.29 is 14.3 Å². The zero-order valence-corrected chi connectivity index (χ0v) is 19.5. The van der Waals surface area contributed by atoms with Crippen molar-refractivity contribution in [1.29, 1.82) is 0 Å². The normalized spacial score (nSPS) is 10.9. The molecule has 0 fully saturated rings. The minimum Gasteiger partial charge on any atom is -0.497 e. The Balaban J connectivity index is 1.77. The summed E-state index contributed by atoms with van der Waals surface area (Å²) < 4.78 is 13.4. The Bertz CT molecular complexity index is 1460. The molecule has 2 heterocycles. The van der Waals surface area contributed by atoms with Crippen molar-refractivity contribution in [2.75, 3.05) is 19.5 Å². The molecule has 0 saturated carbocycles. The van der Waals surface area contributed by atoms with Gasteiger partial charge in [-0.25, -0.2) is 9.36 Å². The fraction of sp³-hybridized carbons (Fsp3) is 0.208. The Labute approximate surface area is 193 Å². The largest absolute Gasteiger partial charge is 0.497 e. The number of nitrogens with zero attached hydrogens (tertiary/aromatic N) is 2. The second kappa shape index (κ2) is 8.95. The fourth-order valence-electron chi connectivity index (χ4n) is 3.78. The molecule has 0 aliphatic carbocycles. The summed E-state index contributed by atoms with van der Waals surface area (Å²) in [4.78, 5) is 39.5. The highest BCUT2D eigenvalue weighted by molar-refractivity contribution is 7.17. The van der Waals surface area contributed by atoms with Crippen LogP contribution < -0.4 is 26.0 Å². The van der Waals surface area contributed by atoms with Crippen molar-refractivity contribution in [2.24, 2.45) is 0 Å². The van der Waals surface area contributed by atoms with Gasteiger partial charge >= 0.3 is 5.69 Å². The number of thiophene rings is 1. The summed E-state index contributed by atoms with van der Waals surface area (Å²) in [7, 11) is 3.03. The van der Waals surface area contributed by atoms with Gasteiger partial charge < -0.3 is 14.8 Å². The number of nitrogens with one attached hydrogen (secondary N) is 1. The number of carbonyl (C=O) groups excluding carboxylic acids is 1. The number of fused-ring (bicyclic) bond motifs is 1. The highest BCUT2D eigenvalue weighted by atomic mass is 32.1. The molecule has 4 rings (SSSR count). The first-order chi connectivity index (χ1) is 15.8. The number of rotatable bonds is 6. The molecule has 1 amide bonds. The van der Waals surface area contributed by atoms with Gasteiger partial charge in [-0.1, -0.05) is 6.07 Å². The molecule has 0 unspecified atom stereocenters. The predicted octanol–water partition coefficient (Wildman–Crippen LogP) is 3.49. The van der Waals surface area contributed by atoms with Gasteiger partial charge in [0, 0.05) is 6.07 Å². The lowest BCUT2D eigenvalue weighted by atomic mass is 10.1. The van der Waals surface area contributed by atoms with Crippen LogP contribution in [0.15, 0.2) is 57.4 Å². The summed E-state index contributed by atoms with van der Waals surface area (Å²) in [6, 6.07) is 12.2. The van der Waals surface area contributed by atoms with E-state index in [9.17, 15) is 14.4 Å². The number of aryl methyl sites for hydroxylation is 2. The smallest absolute Gasteiger partial charge is 0.336 e. The summed E-state index contributed by atoms with van der Waals surface area (Å²) in [6.07, 6.45) is 0. The molecule has 2 aromatic heterocycles. The second-order valence-electron chi connectivity index (χ2n) is 7.60. The molecule has 0 saturated heterocycles. The summed E-state index contributed by atoms with van der Waals surface area (Å²) in [5, 5.41) is 4.51. The first-order valence-corrected chi connectivity index (χ1v) is 11.0. The molecule has 4 aromatic rings. The van der Waals surface area contributed by atoms with Crippen molar-refractivity contribution in [3.63, 3.8) is 0 Å². The van der Waals surface area contributed by atoms with E-state index in [1.807, 2.05) is 19.9 Å². The topological polar surface area (TPSA) is 91.6 Å². The Hall–Kier alpha value is -3.85. The van der Waals surface area contributed by atoms with E-state index in [2.05, 4.69) is 5.32 Å². The van der Waals surface area contributed by atoms with Crippen LogP contribution in [0.2, 0.25) is 0 Å². The third-order valence-electron chi connectivity index (χ3n) is 5.20. The summed E-state index contributed by atoms with van der Waals surface area (Å²) in [5.41, 5.74) is 2.23. The van der Waals surface area contributed by atoms with Crippen molar-refractivity contribution in [2.45, 2.75) is 20.4 Å². The van der Waals surface area contributed by atoms with Crippen LogP contribution in [0.25, 0.3) is 15.9 Å². The molecule has 9 heteroatoms. The van der Waals surface area contributed by atoms with Gasteiger partial charge in [0.1, 0.15) is 22.7 Å². The summed E-state index contributed by atoms with van der Waals surface area (Å²) in [5.74, 6) is 0.580. The van der Waals surface area contributed by atoms with Crippen LogP contribution in [-0.4, -0.2) is 29.3 Å². The van der Waals surface area contributed by atoms with Gasteiger partial charge in [-0.2, -0.15) is 0 Å². The lowest BCUT2D eigenvalue weighted by Crippen LogP contribution is -2.40. The van der Waals surface area contributed by atoms with E-state index >= 15 is 0 Å². The van der Waals surface area contributed by atoms with E-state index in [1.165, 1.54) is 30.1 Å². The zero-order chi connectivity index (χ0) is 23.7. The molecular formula is C24H23N3O5S. The van der Waals surface area contributed by atoms with Crippen LogP contribution in [0.5, 0.6) is 11.5 Å². The quantitative estimate of drug-likeness (QED) is 0.471. The Morgan fingerprint density at radius 1 is 1.00 bits per heavy atom. The van der Waals surface area contributed by atoms with Crippen LogP contribution in [0.3, 0.4) is 0 Å². The molecule has 0 radical (unpaired) electrons. The fourth-order valence-corrected chi connectivity index (χ4v) is 4.61. The molecule has 0 aliphatic heterocycles. The third-order valence-corrected chi connectivity index (χ3v) is 6.10. The summed E-state index contributed by atoms with van der Waals surface area (Å²) >= 11 is 1.24. The number of hydrogen-bond donors (Lipinski definition) is 1. The first-order valence-electron chi connectivity index (χ1n) is 10.2. The molecule has 1 N–H and O–H groups in total. The van der Waals surface area contributed by atoms with Gasteiger partial charge in [-0.05, 0) is 60.7 Å². The van der Waals surface area contributed by atoms with Crippen molar-refractivity contribution in [1.82, 2.24) is 9.13 Å². The molecule has 0 aliphatic rings. The maximum atomic E-state index is 13.4. The molecular weight excluding hydrogens is 442 g/mol. The number of ether oxygens (including phenoxy) is 2. The second-order valence-corrected chi connectivity index (χ2v) is 8.52. The molecule has 8 nitrogen and oxygen atoms in total. The molecule has 0 spiro atoms. The molecule has 0 atom stereocenters. The van der Waals surface area contributed by atoms with E-state index in [1.54, 1.807) is 41.8 Å². The van der Waals surface area contributed by atoms with Crippen LogP contribution in [0, 0.1) is 13.8 Å². The van der Waals surface area contributed by atoms with Gasteiger partial charge in [-0.15, -0.1) is 11.3 Å². The van der Waals surface area contributed by atoms with Crippen LogP contribution in [0.4, 0.5) is 5.69 Å². The maximum Gasteiger partial charge on any atom is 0.336 e. The highest BCUT2D eigenvalue weighted by Crippen LogP contribution is 2.29. The zero-order valence-electron chi connectivity index (χ0n) is 18.7. The maximum absolute atomic E-state index is 13.4. The standard InChI is InChI=1S/C24H23N3O5S/c1-14-9-15(2)11-16(10-14)27-23(29)22-19(7-8-33-22)26(24(27)30)13-21(28)25-18-6-5-17(31-3)12-20(18)32-4/h5-12H,13H2,1-4H3,(H,25,28). The number of methoxy groups -OCH3 is 2. The predicted molar refractivity (Wildman–Crippen MR) is 129 cm³/mol. The van der Waals surface area contributed by atoms with E-state index in [4.69, 9.17) is 9.47 Å². The average molecular weight is 466 g/mol. The Morgan fingerprint density at radius 3 is 2.39 bits per heavy atom. The number of anilines is 1. The monoisotopic (exact) mass is 465 g/mol.